The van der Waals surface area contributed by atoms with Crippen LogP contribution >= 0.6 is 0 Å². The molecule has 0 unspecified atom stereocenters. The molecule has 88 valence electrons. The molecular weight excluding hydrogens is 218 g/mol. The Bertz CT molecular complexity index is 363. The molecule has 0 aromatic heterocycles. The summed E-state index contributed by atoms with van der Waals surface area (Å²) in [6, 6.07) is 0.697. The van der Waals surface area contributed by atoms with Crippen LogP contribution in [0.1, 0.15) is 12.0 Å². The Hall–Kier alpha value is -1.65. The molecule has 1 aromatic carbocycles. The Morgan fingerprint density at radius 1 is 1.19 bits per heavy atom. The molecule has 5 heteroatoms. The van der Waals surface area contributed by atoms with Gasteiger partial charge in [0.15, 0.2) is 23.1 Å². The highest BCUT2D eigenvalue weighted by Gasteiger charge is 2.19. The summed E-state index contributed by atoms with van der Waals surface area (Å²) in [5, 5.41) is 0. The van der Waals surface area contributed by atoms with Crippen LogP contribution in [0.4, 0.5) is 8.78 Å². The smallest absolute Gasteiger partial charge is 0.168 e. The first-order valence-electron chi connectivity index (χ1n) is 4.68. The average Bonchev–Trinajstić information content (AvgIpc) is 2.26. The van der Waals surface area contributed by atoms with E-state index < -0.39 is 11.6 Å². The summed E-state index contributed by atoms with van der Waals surface area (Å²) in [5.41, 5.74) is 0.231. The fourth-order valence-electron chi connectivity index (χ4n) is 1.51. The largest absolute Gasteiger partial charge is 0.493 e. The fraction of sp³-hybridized carbons (Fsp3) is 0.364. The number of rotatable bonds is 5. The Morgan fingerprint density at radius 3 is 2.06 bits per heavy atom. The first-order valence-corrected chi connectivity index (χ1v) is 4.68. The molecule has 0 aliphatic rings. The summed E-state index contributed by atoms with van der Waals surface area (Å²) < 4.78 is 36.4. The molecule has 3 nitrogen and oxygen atoms in total. The lowest BCUT2D eigenvalue weighted by Gasteiger charge is -2.13. The molecule has 0 bridgehead atoms. The van der Waals surface area contributed by atoms with E-state index in [4.69, 9.17) is 9.47 Å². The van der Waals surface area contributed by atoms with E-state index in [-0.39, 0.29) is 29.9 Å². The standard InChI is InChI=1S/C11H12F2O3/c1-15-10-7(4-3-5-14)11(16-2)9(13)6-8(10)12/h5-6H,3-4H2,1-2H3. The van der Waals surface area contributed by atoms with Crippen molar-refractivity contribution in [1.82, 2.24) is 0 Å². The highest BCUT2D eigenvalue weighted by Crippen LogP contribution is 2.34. The number of aldehydes is 1. The summed E-state index contributed by atoms with van der Waals surface area (Å²) in [6.45, 7) is 0. The lowest BCUT2D eigenvalue weighted by molar-refractivity contribution is -0.107. The van der Waals surface area contributed by atoms with Gasteiger partial charge in [-0.15, -0.1) is 0 Å². The second-order valence-corrected chi connectivity index (χ2v) is 3.09. The zero-order valence-electron chi connectivity index (χ0n) is 9.05. The van der Waals surface area contributed by atoms with E-state index in [0.717, 1.165) is 0 Å². The van der Waals surface area contributed by atoms with Crippen LogP contribution in [0.5, 0.6) is 11.5 Å². The van der Waals surface area contributed by atoms with Gasteiger partial charge in [-0.25, -0.2) is 8.78 Å². The average molecular weight is 230 g/mol. The van der Waals surface area contributed by atoms with Crippen LogP contribution < -0.4 is 9.47 Å². The zero-order chi connectivity index (χ0) is 12.1. The second-order valence-electron chi connectivity index (χ2n) is 3.09. The van der Waals surface area contributed by atoms with Crippen molar-refractivity contribution >= 4 is 6.29 Å². The van der Waals surface area contributed by atoms with Crippen LogP contribution in [-0.4, -0.2) is 20.5 Å². The number of ether oxygens (including phenoxy) is 2. The molecule has 0 amide bonds. The van der Waals surface area contributed by atoms with Gasteiger partial charge in [-0.05, 0) is 6.42 Å². The predicted molar refractivity (Wildman–Crippen MR) is 53.8 cm³/mol. The van der Waals surface area contributed by atoms with Gasteiger partial charge >= 0.3 is 0 Å². The highest BCUT2D eigenvalue weighted by molar-refractivity contribution is 5.53. The van der Waals surface area contributed by atoms with E-state index >= 15 is 0 Å². The Balaban J connectivity index is 3.30. The molecule has 0 aliphatic heterocycles. The van der Waals surface area contributed by atoms with Crippen molar-refractivity contribution in [2.24, 2.45) is 0 Å². The lowest BCUT2D eigenvalue weighted by Crippen LogP contribution is -2.02. The molecule has 1 aromatic rings. The Labute approximate surface area is 92.0 Å². The maximum absolute atomic E-state index is 13.3. The molecule has 0 spiro atoms. The molecule has 0 saturated heterocycles. The third kappa shape index (κ3) is 2.29. The summed E-state index contributed by atoms with van der Waals surface area (Å²) in [6.07, 6.45) is 0.988. The van der Waals surface area contributed by atoms with Gasteiger partial charge in [-0.1, -0.05) is 0 Å². The van der Waals surface area contributed by atoms with Gasteiger partial charge in [0.25, 0.3) is 0 Å². The third-order valence-electron chi connectivity index (χ3n) is 2.16. The van der Waals surface area contributed by atoms with Gasteiger partial charge in [0.1, 0.15) is 6.29 Å². The number of benzene rings is 1. The summed E-state index contributed by atoms with van der Waals surface area (Å²) >= 11 is 0. The van der Waals surface area contributed by atoms with Crippen molar-refractivity contribution in [1.29, 1.82) is 0 Å². The topological polar surface area (TPSA) is 35.5 Å². The van der Waals surface area contributed by atoms with Crippen LogP contribution in [0.25, 0.3) is 0 Å². The first-order chi connectivity index (χ1) is 7.65. The molecule has 0 N–H and O–H groups in total. The number of methoxy groups -OCH3 is 2. The molecule has 0 saturated carbocycles. The molecule has 0 radical (unpaired) electrons. The van der Waals surface area contributed by atoms with Gasteiger partial charge in [0.05, 0.1) is 14.2 Å². The van der Waals surface area contributed by atoms with Crippen LogP contribution in [0.2, 0.25) is 0 Å². The van der Waals surface area contributed by atoms with Gasteiger partial charge in [-0.3, -0.25) is 0 Å². The first kappa shape index (κ1) is 12.4. The van der Waals surface area contributed by atoms with Crippen molar-refractivity contribution in [3.05, 3.63) is 23.3 Å². The fourth-order valence-corrected chi connectivity index (χ4v) is 1.51. The Kier molecular flexibility index (Phi) is 4.22. The molecule has 1 rings (SSSR count). The predicted octanol–water partition coefficient (Wildman–Crippen LogP) is 2.11. The van der Waals surface area contributed by atoms with E-state index in [9.17, 15) is 13.6 Å². The zero-order valence-corrected chi connectivity index (χ0v) is 9.05. The van der Waals surface area contributed by atoms with E-state index in [1.807, 2.05) is 0 Å². The number of hydrogen-bond donors (Lipinski definition) is 0. The van der Waals surface area contributed by atoms with Crippen LogP contribution in [-0.2, 0) is 11.2 Å². The molecule has 16 heavy (non-hydrogen) atoms. The van der Waals surface area contributed by atoms with Crippen molar-refractivity contribution in [3.8, 4) is 11.5 Å². The third-order valence-corrected chi connectivity index (χ3v) is 2.16. The molecule has 0 atom stereocenters. The maximum Gasteiger partial charge on any atom is 0.168 e. The van der Waals surface area contributed by atoms with Gasteiger partial charge in [0.2, 0.25) is 0 Å². The highest BCUT2D eigenvalue weighted by atomic mass is 19.1. The van der Waals surface area contributed by atoms with E-state index in [0.29, 0.717) is 12.4 Å². The van der Waals surface area contributed by atoms with Crippen molar-refractivity contribution < 1.29 is 23.0 Å². The van der Waals surface area contributed by atoms with E-state index in [1.165, 1.54) is 14.2 Å². The van der Waals surface area contributed by atoms with Crippen molar-refractivity contribution in [3.63, 3.8) is 0 Å². The minimum Gasteiger partial charge on any atom is -0.493 e. The number of hydrogen-bond acceptors (Lipinski definition) is 3. The van der Waals surface area contributed by atoms with Gasteiger partial charge < -0.3 is 14.3 Å². The summed E-state index contributed by atoms with van der Waals surface area (Å²) in [4.78, 5) is 10.3. The van der Waals surface area contributed by atoms with E-state index in [1.54, 1.807) is 0 Å². The second kappa shape index (κ2) is 5.44. The lowest BCUT2D eigenvalue weighted by atomic mass is 10.1. The SMILES string of the molecule is COc1c(F)cc(F)c(OC)c1CCC=O. The molecule has 0 fully saturated rings. The van der Waals surface area contributed by atoms with Gasteiger partial charge in [0, 0.05) is 18.1 Å². The molecule has 0 heterocycles. The number of carbonyl (C=O) groups is 1. The quantitative estimate of drug-likeness (QED) is 0.727. The monoisotopic (exact) mass is 230 g/mol. The van der Waals surface area contributed by atoms with Crippen molar-refractivity contribution in [2.75, 3.05) is 14.2 Å². The van der Waals surface area contributed by atoms with Gasteiger partial charge in [-0.2, -0.15) is 0 Å². The van der Waals surface area contributed by atoms with Crippen LogP contribution in [0, 0.1) is 11.6 Å². The minimum absolute atomic E-state index is 0.0832. The maximum atomic E-state index is 13.3. The molecule has 0 aliphatic carbocycles. The number of halogens is 2. The van der Waals surface area contributed by atoms with Crippen LogP contribution in [0.15, 0.2) is 6.07 Å². The molecular formula is C11H12F2O3. The van der Waals surface area contributed by atoms with Crippen molar-refractivity contribution in [2.45, 2.75) is 12.8 Å². The van der Waals surface area contributed by atoms with E-state index in [2.05, 4.69) is 0 Å². The normalized spacial score (nSPS) is 10.0. The summed E-state index contributed by atoms with van der Waals surface area (Å²) in [5.74, 6) is -1.77. The van der Waals surface area contributed by atoms with Crippen LogP contribution in [0.3, 0.4) is 0 Å². The minimum atomic E-state index is -0.804. The number of carbonyl (C=O) groups excluding carboxylic acids is 1. The Morgan fingerprint density at radius 2 is 1.69 bits per heavy atom. The summed E-state index contributed by atoms with van der Waals surface area (Å²) in [7, 11) is 2.56.